The van der Waals surface area contributed by atoms with Gasteiger partial charge in [0.2, 0.25) is 11.0 Å². The van der Waals surface area contributed by atoms with Crippen LogP contribution in [0.2, 0.25) is 0 Å². The Balaban J connectivity index is 1.81. The molecular weight excluding hydrogens is 288 g/mol. The predicted octanol–water partition coefficient (Wildman–Crippen LogP) is 1.59. The van der Waals surface area contributed by atoms with Gasteiger partial charge in [0.05, 0.1) is 6.54 Å². The fourth-order valence-corrected chi connectivity index (χ4v) is 3.30. The van der Waals surface area contributed by atoms with E-state index in [0.717, 1.165) is 11.4 Å². The lowest BCUT2D eigenvalue weighted by molar-refractivity contribution is -0.127. The molecule has 0 aliphatic carbocycles. The molecule has 21 heavy (non-hydrogen) atoms. The van der Waals surface area contributed by atoms with Gasteiger partial charge in [-0.25, -0.2) is 0 Å². The number of carbonyl (C=O) groups is 2. The van der Waals surface area contributed by atoms with Gasteiger partial charge in [-0.1, -0.05) is 32.1 Å². The summed E-state index contributed by atoms with van der Waals surface area (Å²) in [6.45, 7) is 7.77. The van der Waals surface area contributed by atoms with Crippen molar-refractivity contribution >= 4 is 28.2 Å². The van der Waals surface area contributed by atoms with E-state index in [1.165, 1.54) is 11.3 Å². The number of Topliss-reactive ketones (excluding diaryl/α,β-unsaturated/α-hetero) is 1. The maximum atomic E-state index is 12.0. The number of piperidine rings is 1. The molecule has 1 N–H and O–H groups in total. The van der Waals surface area contributed by atoms with Crippen molar-refractivity contribution in [1.29, 1.82) is 0 Å². The number of amides is 1. The fourth-order valence-electron chi connectivity index (χ4n) is 2.34. The number of hydrogen-bond donors (Lipinski definition) is 1. The molecule has 2 rings (SSSR count). The van der Waals surface area contributed by atoms with E-state index in [0.29, 0.717) is 37.1 Å². The van der Waals surface area contributed by atoms with Crippen LogP contribution in [0.3, 0.4) is 0 Å². The predicted molar refractivity (Wildman–Crippen MR) is 82.3 cm³/mol. The molecule has 116 valence electrons. The summed E-state index contributed by atoms with van der Waals surface area (Å²) in [5.41, 5.74) is 0. The highest BCUT2D eigenvalue weighted by molar-refractivity contribution is 7.15. The first-order valence-electron chi connectivity index (χ1n) is 7.31. The monoisotopic (exact) mass is 310 g/mol. The van der Waals surface area contributed by atoms with Crippen molar-refractivity contribution in [2.75, 3.05) is 25.0 Å². The van der Waals surface area contributed by atoms with E-state index in [4.69, 9.17) is 0 Å². The largest absolute Gasteiger partial charge is 0.299 e. The first-order valence-corrected chi connectivity index (χ1v) is 8.13. The number of nitrogens with one attached hydrogen (secondary N) is 1. The first kappa shape index (κ1) is 16.0. The van der Waals surface area contributed by atoms with Crippen molar-refractivity contribution in [3.63, 3.8) is 0 Å². The minimum atomic E-state index is -0.0937. The van der Waals surface area contributed by atoms with Crippen molar-refractivity contribution in [2.45, 2.75) is 33.6 Å². The molecule has 0 bridgehead atoms. The van der Waals surface area contributed by atoms with Gasteiger partial charge < -0.3 is 0 Å². The van der Waals surface area contributed by atoms with Gasteiger partial charge in [-0.05, 0) is 5.92 Å². The van der Waals surface area contributed by atoms with Crippen molar-refractivity contribution in [3.05, 3.63) is 5.01 Å². The van der Waals surface area contributed by atoms with Gasteiger partial charge in [0, 0.05) is 31.8 Å². The van der Waals surface area contributed by atoms with Gasteiger partial charge in [0.15, 0.2) is 0 Å². The Morgan fingerprint density at radius 2 is 2.24 bits per heavy atom. The van der Waals surface area contributed by atoms with Crippen LogP contribution in [0.15, 0.2) is 0 Å². The number of anilines is 1. The second-order valence-electron chi connectivity index (χ2n) is 6.00. The van der Waals surface area contributed by atoms with E-state index < -0.39 is 0 Å². The van der Waals surface area contributed by atoms with E-state index in [1.807, 2.05) is 11.8 Å². The highest BCUT2D eigenvalue weighted by atomic mass is 32.1. The Bertz CT molecular complexity index is 515. The summed E-state index contributed by atoms with van der Waals surface area (Å²) in [7, 11) is 0. The fraction of sp³-hybridized carbons (Fsp3) is 0.714. The molecule has 1 aromatic heterocycles. The van der Waals surface area contributed by atoms with Crippen molar-refractivity contribution in [2.24, 2.45) is 11.8 Å². The van der Waals surface area contributed by atoms with Gasteiger partial charge in [0.1, 0.15) is 10.8 Å². The molecule has 1 atom stereocenters. The summed E-state index contributed by atoms with van der Waals surface area (Å²) in [5, 5.41) is 12.3. The van der Waals surface area contributed by atoms with Crippen molar-refractivity contribution in [1.82, 2.24) is 15.1 Å². The van der Waals surface area contributed by atoms with E-state index in [-0.39, 0.29) is 17.6 Å². The van der Waals surface area contributed by atoms with Crippen molar-refractivity contribution in [3.8, 4) is 0 Å². The van der Waals surface area contributed by atoms with Gasteiger partial charge in [0.25, 0.3) is 0 Å². The molecule has 2 heterocycles. The molecule has 0 unspecified atom stereocenters. The molecule has 1 amide bonds. The minimum Gasteiger partial charge on any atom is -0.299 e. The van der Waals surface area contributed by atoms with Gasteiger partial charge in [-0.2, -0.15) is 0 Å². The molecular formula is C14H22N4O2S. The number of hydrogen-bond acceptors (Lipinski definition) is 6. The summed E-state index contributed by atoms with van der Waals surface area (Å²) in [6, 6.07) is 0. The molecule has 0 radical (unpaired) electrons. The molecule has 1 fully saturated rings. The van der Waals surface area contributed by atoms with Crippen LogP contribution in [0.5, 0.6) is 0 Å². The Labute approximate surface area is 128 Å². The lowest BCUT2D eigenvalue weighted by atomic mass is 9.99. The maximum Gasteiger partial charge on any atom is 0.240 e. The summed E-state index contributed by atoms with van der Waals surface area (Å²) >= 11 is 1.43. The van der Waals surface area contributed by atoms with Gasteiger partial charge in [-0.15, -0.1) is 10.2 Å². The molecule has 1 saturated heterocycles. The molecule has 1 aromatic rings. The SMILES string of the molecule is CC(C)Cc1nnc(NC(=O)CN2CCC(=O)[C@H](C)C2)s1. The zero-order valence-electron chi connectivity index (χ0n) is 12.8. The number of ketones is 1. The number of likely N-dealkylation sites (tertiary alicyclic amines) is 1. The third-order valence-electron chi connectivity index (χ3n) is 3.42. The number of rotatable bonds is 5. The molecule has 0 spiro atoms. The summed E-state index contributed by atoms with van der Waals surface area (Å²) < 4.78 is 0. The van der Waals surface area contributed by atoms with Crippen LogP contribution in [0.25, 0.3) is 0 Å². The standard InChI is InChI=1S/C14H22N4O2S/c1-9(2)6-13-16-17-14(21-13)15-12(20)8-18-5-4-11(19)10(3)7-18/h9-10H,4-8H2,1-3H3,(H,15,17,20)/t10-/m1/s1. The summed E-state index contributed by atoms with van der Waals surface area (Å²) in [5.74, 6) is 0.734. The Hall–Kier alpha value is -1.34. The van der Waals surface area contributed by atoms with E-state index in [2.05, 4.69) is 29.4 Å². The average molecular weight is 310 g/mol. The zero-order valence-corrected chi connectivity index (χ0v) is 13.6. The molecule has 1 aliphatic heterocycles. The van der Waals surface area contributed by atoms with Crippen LogP contribution in [0.4, 0.5) is 5.13 Å². The van der Waals surface area contributed by atoms with Crippen LogP contribution in [0, 0.1) is 11.8 Å². The molecule has 0 saturated carbocycles. The minimum absolute atomic E-state index is 0.0192. The molecule has 7 heteroatoms. The van der Waals surface area contributed by atoms with E-state index >= 15 is 0 Å². The average Bonchev–Trinajstić information content (AvgIpc) is 2.80. The topological polar surface area (TPSA) is 75.2 Å². The maximum absolute atomic E-state index is 12.0. The zero-order chi connectivity index (χ0) is 15.4. The smallest absolute Gasteiger partial charge is 0.240 e. The Morgan fingerprint density at radius 3 is 2.90 bits per heavy atom. The lowest BCUT2D eigenvalue weighted by Crippen LogP contribution is -2.43. The van der Waals surface area contributed by atoms with Crippen LogP contribution in [0.1, 0.15) is 32.2 Å². The number of nitrogens with zero attached hydrogens (tertiary/aromatic N) is 3. The van der Waals surface area contributed by atoms with E-state index in [1.54, 1.807) is 0 Å². The number of aromatic nitrogens is 2. The van der Waals surface area contributed by atoms with Gasteiger partial charge >= 0.3 is 0 Å². The molecule has 0 aromatic carbocycles. The third kappa shape index (κ3) is 4.86. The van der Waals surface area contributed by atoms with Crippen LogP contribution < -0.4 is 5.32 Å². The summed E-state index contributed by atoms with van der Waals surface area (Å²) in [4.78, 5) is 25.5. The highest BCUT2D eigenvalue weighted by Crippen LogP contribution is 2.18. The second kappa shape index (κ2) is 7.09. The van der Waals surface area contributed by atoms with Crippen LogP contribution in [-0.2, 0) is 16.0 Å². The quantitative estimate of drug-likeness (QED) is 0.894. The second-order valence-corrected chi connectivity index (χ2v) is 7.06. The van der Waals surface area contributed by atoms with Crippen LogP contribution in [-0.4, -0.2) is 46.4 Å². The molecule has 6 nitrogen and oxygen atoms in total. The van der Waals surface area contributed by atoms with Gasteiger partial charge in [-0.3, -0.25) is 19.8 Å². The molecule has 1 aliphatic rings. The Kier molecular flexibility index (Phi) is 5.41. The van der Waals surface area contributed by atoms with E-state index in [9.17, 15) is 9.59 Å². The summed E-state index contributed by atoms with van der Waals surface area (Å²) in [6.07, 6.45) is 1.41. The third-order valence-corrected chi connectivity index (χ3v) is 4.28. The normalized spacial score (nSPS) is 20.0. The number of carbonyl (C=O) groups excluding carboxylic acids is 2. The lowest BCUT2D eigenvalue weighted by Gasteiger charge is -2.28. The highest BCUT2D eigenvalue weighted by Gasteiger charge is 2.24. The van der Waals surface area contributed by atoms with Crippen LogP contribution >= 0.6 is 11.3 Å². The Morgan fingerprint density at radius 1 is 1.48 bits per heavy atom. The van der Waals surface area contributed by atoms with Crippen molar-refractivity contribution < 1.29 is 9.59 Å². The first-order chi connectivity index (χ1) is 9.94.